The lowest BCUT2D eigenvalue weighted by atomic mass is 10.0. The Bertz CT molecular complexity index is 612. The van der Waals surface area contributed by atoms with E-state index in [-0.39, 0.29) is 0 Å². The fourth-order valence-corrected chi connectivity index (χ4v) is 3.42. The maximum Gasteiger partial charge on any atom is 0.0571 e. The lowest BCUT2D eigenvalue weighted by molar-refractivity contribution is 0.469. The van der Waals surface area contributed by atoms with Crippen LogP contribution in [0, 0.1) is 13.8 Å². The van der Waals surface area contributed by atoms with E-state index in [1.165, 1.54) is 35.2 Å². The first-order valence-corrected chi connectivity index (χ1v) is 7.97. The van der Waals surface area contributed by atoms with Gasteiger partial charge in [0.25, 0.3) is 0 Å². The van der Waals surface area contributed by atoms with E-state index in [2.05, 4.69) is 63.1 Å². The second-order valence-corrected chi connectivity index (χ2v) is 6.49. The van der Waals surface area contributed by atoms with Crippen LogP contribution in [0.15, 0.2) is 28.9 Å². The van der Waals surface area contributed by atoms with Crippen molar-refractivity contribution in [1.29, 1.82) is 0 Å². The molecule has 1 unspecified atom stereocenters. The van der Waals surface area contributed by atoms with E-state index in [1.807, 2.05) is 6.20 Å². The van der Waals surface area contributed by atoms with Gasteiger partial charge in [-0.1, -0.05) is 22.0 Å². The van der Waals surface area contributed by atoms with Crippen LogP contribution in [0.25, 0.3) is 11.1 Å². The van der Waals surface area contributed by atoms with Gasteiger partial charge in [0.05, 0.1) is 12.7 Å². The van der Waals surface area contributed by atoms with Crippen LogP contribution in [0.5, 0.6) is 0 Å². The van der Waals surface area contributed by atoms with Crippen molar-refractivity contribution >= 4 is 15.9 Å². The SMILES string of the molecule is Cc1cc(Br)ccc1-c1cnn(CC2CCCN2)c1C. The fraction of sp³-hybridized carbons (Fsp3) is 0.438. The predicted octanol–water partition coefficient (Wildman–Crippen LogP) is 3.68. The monoisotopic (exact) mass is 333 g/mol. The molecule has 20 heavy (non-hydrogen) atoms. The summed E-state index contributed by atoms with van der Waals surface area (Å²) < 4.78 is 3.26. The molecule has 2 heterocycles. The molecule has 1 aliphatic rings. The Morgan fingerprint density at radius 1 is 1.35 bits per heavy atom. The summed E-state index contributed by atoms with van der Waals surface area (Å²) in [6.07, 6.45) is 4.54. The van der Waals surface area contributed by atoms with E-state index < -0.39 is 0 Å². The molecule has 0 saturated carbocycles. The number of hydrogen-bond acceptors (Lipinski definition) is 2. The Kier molecular flexibility index (Phi) is 3.94. The summed E-state index contributed by atoms with van der Waals surface area (Å²) in [6, 6.07) is 7.00. The summed E-state index contributed by atoms with van der Waals surface area (Å²) in [6.45, 7) is 6.43. The van der Waals surface area contributed by atoms with Gasteiger partial charge in [-0.3, -0.25) is 4.68 Å². The highest BCUT2D eigenvalue weighted by Crippen LogP contribution is 2.28. The number of nitrogens with zero attached hydrogens (tertiary/aromatic N) is 2. The molecule has 1 saturated heterocycles. The average Bonchev–Trinajstić information content (AvgIpc) is 3.03. The lowest BCUT2D eigenvalue weighted by Crippen LogP contribution is -2.27. The van der Waals surface area contributed by atoms with Crippen LogP contribution in [0.2, 0.25) is 0 Å². The summed E-state index contributed by atoms with van der Waals surface area (Å²) in [5, 5.41) is 8.12. The largest absolute Gasteiger partial charge is 0.312 e. The van der Waals surface area contributed by atoms with Crippen LogP contribution >= 0.6 is 15.9 Å². The van der Waals surface area contributed by atoms with Crippen molar-refractivity contribution in [2.45, 2.75) is 39.3 Å². The molecule has 1 atom stereocenters. The first kappa shape index (κ1) is 13.8. The smallest absolute Gasteiger partial charge is 0.0571 e. The number of hydrogen-bond donors (Lipinski definition) is 1. The van der Waals surface area contributed by atoms with Gasteiger partial charge in [0.15, 0.2) is 0 Å². The average molecular weight is 334 g/mol. The van der Waals surface area contributed by atoms with Crippen molar-refractivity contribution in [1.82, 2.24) is 15.1 Å². The minimum absolute atomic E-state index is 0.576. The van der Waals surface area contributed by atoms with E-state index in [4.69, 9.17) is 0 Å². The molecular formula is C16H20BrN3. The molecule has 0 aliphatic carbocycles. The van der Waals surface area contributed by atoms with Gasteiger partial charge in [-0.05, 0) is 56.5 Å². The van der Waals surface area contributed by atoms with E-state index in [1.54, 1.807) is 0 Å². The third kappa shape index (κ3) is 2.67. The zero-order valence-corrected chi connectivity index (χ0v) is 13.6. The third-order valence-corrected chi connectivity index (χ3v) is 4.63. The van der Waals surface area contributed by atoms with Crippen LogP contribution in [-0.4, -0.2) is 22.4 Å². The molecule has 2 aromatic rings. The quantitative estimate of drug-likeness (QED) is 0.928. The third-order valence-electron chi connectivity index (χ3n) is 4.14. The van der Waals surface area contributed by atoms with E-state index in [0.29, 0.717) is 6.04 Å². The number of halogens is 1. The molecule has 0 amide bonds. The van der Waals surface area contributed by atoms with E-state index >= 15 is 0 Å². The van der Waals surface area contributed by atoms with Gasteiger partial charge in [0.2, 0.25) is 0 Å². The standard InChI is InChI=1S/C16H20BrN3/c1-11-8-13(17)5-6-15(11)16-9-19-20(12(16)2)10-14-4-3-7-18-14/h5-6,8-9,14,18H,3-4,7,10H2,1-2H3. The van der Waals surface area contributed by atoms with Gasteiger partial charge < -0.3 is 5.32 Å². The molecule has 1 aliphatic heterocycles. The van der Waals surface area contributed by atoms with Crippen molar-refractivity contribution in [3.8, 4) is 11.1 Å². The number of aryl methyl sites for hydroxylation is 1. The van der Waals surface area contributed by atoms with Crippen LogP contribution in [0.3, 0.4) is 0 Å². The Morgan fingerprint density at radius 3 is 2.90 bits per heavy atom. The zero-order valence-electron chi connectivity index (χ0n) is 12.0. The zero-order chi connectivity index (χ0) is 14.1. The summed E-state index contributed by atoms with van der Waals surface area (Å²) in [7, 11) is 0. The second-order valence-electron chi connectivity index (χ2n) is 5.58. The highest BCUT2D eigenvalue weighted by atomic mass is 79.9. The minimum atomic E-state index is 0.576. The molecule has 0 spiro atoms. The fourth-order valence-electron chi connectivity index (χ4n) is 2.95. The maximum absolute atomic E-state index is 4.58. The molecule has 3 nitrogen and oxygen atoms in total. The van der Waals surface area contributed by atoms with Crippen molar-refractivity contribution < 1.29 is 0 Å². The molecule has 1 fully saturated rings. The summed E-state index contributed by atoms with van der Waals surface area (Å²) in [5.74, 6) is 0. The van der Waals surface area contributed by atoms with Gasteiger partial charge >= 0.3 is 0 Å². The van der Waals surface area contributed by atoms with Gasteiger partial charge in [-0.15, -0.1) is 0 Å². The molecule has 1 aromatic carbocycles. The highest BCUT2D eigenvalue weighted by molar-refractivity contribution is 9.10. The van der Waals surface area contributed by atoms with Crippen molar-refractivity contribution in [3.05, 3.63) is 40.1 Å². The number of aromatic nitrogens is 2. The lowest BCUT2D eigenvalue weighted by Gasteiger charge is -2.12. The predicted molar refractivity (Wildman–Crippen MR) is 85.9 cm³/mol. The Labute approximate surface area is 128 Å². The molecular weight excluding hydrogens is 314 g/mol. The van der Waals surface area contributed by atoms with Gasteiger partial charge in [0.1, 0.15) is 0 Å². The number of benzene rings is 1. The molecule has 4 heteroatoms. The van der Waals surface area contributed by atoms with E-state index in [0.717, 1.165) is 17.6 Å². The number of rotatable bonds is 3. The van der Waals surface area contributed by atoms with Crippen LogP contribution in [-0.2, 0) is 6.54 Å². The normalized spacial score (nSPS) is 18.6. The van der Waals surface area contributed by atoms with Gasteiger partial charge in [-0.25, -0.2) is 0 Å². The molecule has 0 bridgehead atoms. The van der Waals surface area contributed by atoms with Gasteiger partial charge in [0, 0.05) is 21.8 Å². The highest BCUT2D eigenvalue weighted by Gasteiger charge is 2.17. The van der Waals surface area contributed by atoms with Crippen LogP contribution in [0.4, 0.5) is 0 Å². The van der Waals surface area contributed by atoms with Crippen molar-refractivity contribution in [2.75, 3.05) is 6.54 Å². The number of nitrogens with one attached hydrogen (secondary N) is 1. The Morgan fingerprint density at radius 2 is 2.20 bits per heavy atom. The van der Waals surface area contributed by atoms with Crippen molar-refractivity contribution in [3.63, 3.8) is 0 Å². The van der Waals surface area contributed by atoms with Crippen LogP contribution in [0.1, 0.15) is 24.1 Å². The molecule has 0 radical (unpaired) electrons. The first-order chi connectivity index (χ1) is 9.65. The minimum Gasteiger partial charge on any atom is -0.312 e. The summed E-state index contributed by atoms with van der Waals surface area (Å²) >= 11 is 3.52. The Hall–Kier alpha value is -1.13. The molecule has 1 N–H and O–H groups in total. The molecule has 3 rings (SSSR count). The van der Waals surface area contributed by atoms with E-state index in [9.17, 15) is 0 Å². The maximum atomic E-state index is 4.58. The second kappa shape index (κ2) is 5.70. The summed E-state index contributed by atoms with van der Waals surface area (Å²) in [5.41, 5.74) is 5.05. The topological polar surface area (TPSA) is 29.9 Å². The van der Waals surface area contributed by atoms with Gasteiger partial charge in [-0.2, -0.15) is 5.10 Å². The van der Waals surface area contributed by atoms with Crippen LogP contribution < -0.4 is 5.32 Å². The Balaban J connectivity index is 1.89. The molecule has 106 valence electrons. The molecule has 1 aromatic heterocycles. The first-order valence-electron chi connectivity index (χ1n) is 7.17. The summed E-state index contributed by atoms with van der Waals surface area (Å²) in [4.78, 5) is 0. The van der Waals surface area contributed by atoms with Crippen molar-refractivity contribution in [2.24, 2.45) is 0 Å².